The number of anilines is 1. The summed E-state index contributed by atoms with van der Waals surface area (Å²) in [5.41, 5.74) is -0.480. The van der Waals surface area contributed by atoms with E-state index in [1.54, 1.807) is 0 Å². The number of hydrogen-bond donors (Lipinski definition) is 2. The van der Waals surface area contributed by atoms with Crippen molar-refractivity contribution in [1.29, 1.82) is 0 Å². The summed E-state index contributed by atoms with van der Waals surface area (Å²) in [6.07, 6.45) is 2.71. The summed E-state index contributed by atoms with van der Waals surface area (Å²) < 4.78 is 22.9. The maximum Gasteiger partial charge on any atom is 0.326 e. The summed E-state index contributed by atoms with van der Waals surface area (Å²) in [6.45, 7) is 1.91. The van der Waals surface area contributed by atoms with Crippen LogP contribution in [0.1, 0.15) is 26.2 Å². The molecular formula is C13H18N2O6S. The van der Waals surface area contributed by atoms with Gasteiger partial charge in [0.15, 0.2) is 9.84 Å². The largest absolute Gasteiger partial charge is 0.480 e. The van der Waals surface area contributed by atoms with Gasteiger partial charge in [0.1, 0.15) is 11.7 Å². The number of hydrogen-bond acceptors (Lipinski definition) is 6. The number of benzene rings is 1. The molecule has 22 heavy (non-hydrogen) atoms. The first-order chi connectivity index (χ1) is 10.2. The molecule has 122 valence electrons. The Morgan fingerprint density at radius 1 is 1.45 bits per heavy atom. The van der Waals surface area contributed by atoms with Crippen LogP contribution < -0.4 is 5.32 Å². The minimum atomic E-state index is -3.58. The molecule has 0 amide bonds. The first kappa shape index (κ1) is 17.9. The van der Waals surface area contributed by atoms with E-state index in [-0.39, 0.29) is 10.6 Å². The first-order valence-electron chi connectivity index (χ1n) is 6.64. The number of nitro benzene ring substituents is 1. The summed E-state index contributed by atoms with van der Waals surface area (Å²) >= 11 is 0. The normalized spacial score (nSPS) is 12.6. The molecule has 0 aliphatic heterocycles. The van der Waals surface area contributed by atoms with Crippen LogP contribution >= 0.6 is 0 Å². The van der Waals surface area contributed by atoms with Crippen molar-refractivity contribution in [2.75, 3.05) is 11.6 Å². The van der Waals surface area contributed by atoms with Crippen LogP contribution in [-0.2, 0) is 14.6 Å². The molecule has 0 saturated heterocycles. The lowest BCUT2D eigenvalue weighted by Gasteiger charge is -2.15. The molecule has 1 atom stereocenters. The standard InChI is InChI=1S/C13H18N2O6S/c1-3-4-5-11(13(16)17)14-10-7-6-9(22(2,20)21)8-12(10)15(18)19/h6-8,11,14H,3-5H2,1-2H3,(H,16,17). The molecule has 2 N–H and O–H groups in total. The fourth-order valence-electron chi connectivity index (χ4n) is 1.87. The van der Waals surface area contributed by atoms with Crippen molar-refractivity contribution in [3.8, 4) is 0 Å². The number of nitrogens with zero attached hydrogens (tertiary/aromatic N) is 1. The number of rotatable bonds is 8. The lowest BCUT2D eigenvalue weighted by atomic mass is 10.1. The van der Waals surface area contributed by atoms with Crippen LogP contribution in [0.2, 0.25) is 0 Å². The summed E-state index contributed by atoms with van der Waals surface area (Å²) in [6, 6.07) is 2.39. The van der Waals surface area contributed by atoms with Gasteiger partial charge in [0.05, 0.1) is 9.82 Å². The fraction of sp³-hybridized carbons (Fsp3) is 0.462. The van der Waals surface area contributed by atoms with E-state index in [2.05, 4.69) is 5.32 Å². The van der Waals surface area contributed by atoms with Crippen molar-refractivity contribution in [2.24, 2.45) is 0 Å². The third-order valence-electron chi connectivity index (χ3n) is 3.07. The van der Waals surface area contributed by atoms with Crippen LogP contribution in [0.5, 0.6) is 0 Å². The summed E-state index contributed by atoms with van der Waals surface area (Å²) in [5, 5.41) is 22.8. The summed E-state index contributed by atoms with van der Waals surface area (Å²) in [4.78, 5) is 21.3. The van der Waals surface area contributed by atoms with Gasteiger partial charge in [-0.2, -0.15) is 0 Å². The molecule has 0 radical (unpaired) electrons. The van der Waals surface area contributed by atoms with Gasteiger partial charge in [-0.05, 0) is 18.6 Å². The Morgan fingerprint density at radius 3 is 2.55 bits per heavy atom. The Kier molecular flexibility index (Phi) is 5.86. The van der Waals surface area contributed by atoms with Crippen LogP contribution in [0.15, 0.2) is 23.1 Å². The highest BCUT2D eigenvalue weighted by molar-refractivity contribution is 7.90. The van der Waals surface area contributed by atoms with Gasteiger partial charge in [-0.15, -0.1) is 0 Å². The number of nitrogens with one attached hydrogen (secondary N) is 1. The molecule has 0 saturated carbocycles. The van der Waals surface area contributed by atoms with Crippen molar-refractivity contribution >= 4 is 27.2 Å². The molecule has 1 aromatic carbocycles. The molecule has 1 rings (SSSR count). The Hall–Kier alpha value is -2.16. The number of carboxylic acids is 1. The van der Waals surface area contributed by atoms with Crippen LogP contribution in [0.25, 0.3) is 0 Å². The van der Waals surface area contributed by atoms with Crippen molar-refractivity contribution in [3.05, 3.63) is 28.3 Å². The number of carbonyl (C=O) groups is 1. The fourth-order valence-corrected chi connectivity index (χ4v) is 2.51. The van der Waals surface area contributed by atoms with Gasteiger partial charge in [0.2, 0.25) is 0 Å². The molecule has 0 spiro atoms. The zero-order valence-corrected chi connectivity index (χ0v) is 13.1. The molecular weight excluding hydrogens is 312 g/mol. The molecule has 0 bridgehead atoms. The van der Waals surface area contributed by atoms with Gasteiger partial charge in [-0.25, -0.2) is 13.2 Å². The lowest BCUT2D eigenvalue weighted by molar-refractivity contribution is -0.384. The Morgan fingerprint density at radius 2 is 2.09 bits per heavy atom. The molecule has 0 aliphatic rings. The van der Waals surface area contributed by atoms with E-state index in [1.807, 2.05) is 6.92 Å². The second-order valence-electron chi connectivity index (χ2n) is 4.89. The van der Waals surface area contributed by atoms with Gasteiger partial charge in [-0.1, -0.05) is 19.8 Å². The first-order valence-corrected chi connectivity index (χ1v) is 8.53. The lowest BCUT2D eigenvalue weighted by Crippen LogP contribution is -2.29. The Balaban J connectivity index is 3.18. The van der Waals surface area contributed by atoms with Crippen LogP contribution in [0, 0.1) is 10.1 Å². The van der Waals surface area contributed by atoms with E-state index in [0.717, 1.165) is 18.7 Å². The van der Waals surface area contributed by atoms with Gasteiger partial charge in [0, 0.05) is 12.3 Å². The average Bonchev–Trinajstić information content (AvgIpc) is 2.41. The SMILES string of the molecule is CCCCC(Nc1ccc(S(C)(=O)=O)cc1[N+](=O)[O-])C(=O)O. The summed E-state index contributed by atoms with van der Waals surface area (Å²) in [5.74, 6) is -1.12. The van der Waals surface area contributed by atoms with Gasteiger partial charge < -0.3 is 10.4 Å². The van der Waals surface area contributed by atoms with Gasteiger partial charge in [-0.3, -0.25) is 10.1 Å². The third kappa shape index (κ3) is 4.69. The van der Waals surface area contributed by atoms with Crippen molar-refractivity contribution in [1.82, 2.24) is 0 Å². The molecule has 1 unspecified atom stereocenters. The highest BCUT2D eigenvalue weighted by atomic mass is 32.2. The van der Waals surface area contributed by atoms with Gasteiger partial charge >= 0.3 is 5.97 Å². The molecule has 0 heterocycles. The van der Waals surface area contributed by atoms with E-state index in [1.165, 1.54) is 12.1 Å². The van der Waals surface area contributed by atoms with Crippen LogP contribution in [0.3, 0.4) is 0 Å². The molecule has 1 aromatic rings. The highest BCUT2D eigenvalue weighted by Gasteiger charge is 2.23. The molecule has 0 aromatic heterocycles. The van der Waals surface area contributed by atoms with Crippen molar-refractivity contribution < 1.29 is 23.2 Å². The zero-order valence-electron chi connectivity index (χ0n) is 12.3. The zero-order chi connectivity index (χ0) is 16.9. The quantitative estimate of drug-likeness (QED) is 0.551. The van der Waals surface area contributed by atoms with Crippen LogP contribution in [-0.4, -0.2) is 36.7 Å². The van der Waals surface area contributed by atoms with E-state index in [9.17, 15) is 23.3 Å². The van der Waals surface area contributed by atoms with Crippen LogP contribution in [0.4, 0.5) is 11.4 Å². The highest BCUT2D eigenvalue weighted by Crippen LogP contribution is 2.28. The summed E-state index contributed by atoms with van der Waals surface area (Å²) in [7, 11) is -3.58. The van der Waals surface area contributed by atoms with E-state index in [0.29, 0.717) is 12.8 Å². The molecule has 9 heteroatoms. The number of nitro groups is 1. The van der Waals surface area contributed by atoms with Gasteiger partial charge in [0.25, 0.3) is 5.69 Å². The molecule has 8 nitrogen and oxygen atoms in total. The second-order valence-corrected chi connectivity index (χ2v) is 6.90. The van der Waals surface area contributed by atoms with E-state index in [4.69, 9.17) is 5.11 Å². The number of unbranched alkanes of at least 4 members (excludes halogenated alkanes) is 1. The number of aliphatic carboxylic acids is 1. The topological polar surface area (TPSA) is 127 Å². The Bertz CT molecular complexity index is 671. The van der Waals surface area contributed by atoms with Crippen molar-refractivity contribution in [2.45, 2.75) is 37.1 Å². The number of sulfone groups is 1. The smallest absolute Gasteiger partial charge is 0.326 e. The maximum absolute atomic E-state index is 11.5. The predicted molar refractivity (Wildman–Crippen MR) is 80.8 cm³/mol. The molecule has 0 aliphatic carbocycles. The average molecular weight is 330 g/mol. The Labute approximate surface area is 128 Å². The van der Waals surface area contributed by atoms with E-state index >= 15 is 0 Å². The van der Waals surface area contributed by atoms with E-state index < -0.39 is 32.5 Å². The third-order valence-corrected chi connectivity index (χ3v) is 4.18. The predicted octanol–water partition coefficient (Wildman–Crippen LogP) is 2.05. The monoisotopic (exact) mass is 330 g/mol. The number of carboxylic acid groups (broad SMARTS) is 1. The minimum Gasteiger partial charge on any atom is -0.480 e. The van der Waals surface area contributed by atoms with Crippen molar-refractivity contribution in [3.63, 3.8) is 0 Å². The minimum absolute atomic E-state index is 0.0131. The second kappa shape index (κ2) is 7.21. The maximum atomic E-state index is 11.5. The molecule has 0 fully saturated rings.